The van der Waals surface area contributed by atoms with Gasteiger partial charge in [-0.2, -0.15) is 0 Å². The summed E-state index contributed by atoms with van der Waals surface area (Å²) >= 11 is 0. The molecule has 21 heavy (non-hydrogen) atoms. The van der Waals surface area contributed by atoms with Crippen LogP contribution in [0.25, 0.3) is 0 Å². The van der Waals surface area contributed by atoms with Crippen LogP contribution >= 0.6 is 0 Å². The van der Waals surface area contributed by atoms with Crippen molar-refractivity contribution in [1.29, 1.82) is 0 Å². The van der Waals surface area contributed by atoms with E-state index in [-0.39, 0.29) is 5.75 Å². The molecule has 0 heterocycles. The highest BCUT2D eigenvalue weighted by Crippen LogP contribution is 2.13. The molecule has 0 radical (unpaired) electrons. The van der Waals surface area contributed by atoms with Crippen LogP contribution in [-0.2, 0) is 6.54 Å². The lowest BCUT2D eigenvalue weighted by atomic mass is 10.2. The van der Waals surface area contributed by atoms with E-state index in [0.717, 1.165) is 0 Å². The van der Waals surface area contributed by atoms with E-state index in [1.54, 1.807) is 12.1 Å². The Morgan fingerprint density at radius 1 is 0.714 bits per heavy atom. The van der Waals surface area contributed by atoms with Gasteiger partial charge in [-0.3, -0.25) is 0 Å². The van der Waals surface area contributed by atoms with Crippen LogP contribution in [0.2, 0.25) is 0 Å². The van der Waals surface area contributed by atoms with E-state index in [1.165, 1.54) is 48.4 Å². The smallest absolute Gasteiger partial charge is 0.104 e. The highest BCUT2D eigenvalue weighted by molar-refractivity contribution is 5.17. The van der Waals surface area contributed by atoms with Gasteiger partial charge in [-0.15, -0.1) is 5.75 Å². The summed E-state index contributed by atoms with van der Waals surface area (Å²) in [6.45, 7) is 11.7. The lowest BCUT2D eigenvalue weighted by Crippen LogP contribution is -2.46. The molecule has 2 aromatic rings. The Bertz CT molecular complexity index is 469. The van der Waals surface area contributed by atoms with Gasteiger partial charge in [-0.25, -0.2) is 0 Å². The van der Waals surface area contributed by atoms with E-state index < -0.39 is 0 Å². The molecule has 0 atom stereocenters. The topological polar surface area (TPSA) is 23.1 Å². The zero-order chi connectivity index (χ0) is 15.6. The van der Waals surface area contributed by atoms with E-state index >= 15 is 0 Å². The molecule has 0 bridgehead atoms. The summed E-state index contributed by atoms with van der Waals surface area (Å²) < 4.78 is 1.20. The van der Waals surface area contributed by atoms with Crippen molar-refractivity contribution in [1.82, 2.24) is 0 Å². The SMILES string of the molecule is CC[N+](CC)(CC)Cc1ccccc1.[O-]c1ccccc1. The number of benzene rings is 2. The van der Waals surface area contributed by atoms with Crippen LogP contribution in [0, 0.1) is 0 Å². The standard InChI is InChI=1S/C13H22N.C6H6O/c1-4-14(5-2,6-3)12-13-10-8-7-9-11-13;7-6-4-2-1-3-5-6/h7-11H,4-6,12H2,1-3H3;1-5,7H/q+1;/p-1. The molecule has 2 rings (SSSR count). The third-order valence-corrected chi connectivity index (χ3v) is 4.12. The molecule has 0 amide bonds. The lowest BCUT2D eigenvalue weighted by molar-refractivity contribution is -0.936. The van der Waals surface area contributed by atoms with Gasteiger partial charge >= 0.3 is 0 Å². The molecule has 2 aromatic carbocycles. The van der Waals surface area contributed by atoms with Crippen LogP contribution in [0.3, 0.4) is 0 Å². The van der Waals surface area contributed by atoms with Gasteiger partial charge in [0.15, 0.2) is 0 Å². The lowest BCUT2D eigenvalue weighted by Gasteiger charge is -2.35. The Balaban J connectivity index is 0.000000262. The molecule has 2 nitrogen and oxygen atoms in total. The zero-order valence-electron chi connectivity index (χ0n) is 13.5. The van der Waals surface area contributed by atoms with Crippen molar-refractivity contribution in [3.05, 3.63) is 66.2 Å². The van der Waals surface area contributed by atoms with Gasteiger partial charge in [0, 0.05) is 5.56 Å². The van der Waals surface area contributed by atoms with E-state index in [2.05, 4.69) is 51.1 Å². The summed E-state index contributed by atoms with van der Waals surface area (Å²) in [7, 11) is 0. The third kappa shape index (κ3) is 6.01. The van der Waals surface area contributed by atoms with E-state index in [0.29, 0.717) is 0 Å². The van der Waals surface area contributed by atoms with E-state index in [9.17, 15) is 5.11 Å². The maximum atomic E-state index is 10.3. The zero-order valence-corrected chi connectivity index (χ0v) is 13.5. The Labute approximate surface area is 129 Å². The average molecular weight is 285 g/mol. The summed E-state index contributed by atoms with van der Waals surface area (Å²) in [6.07, 6.45) is 0. The first-order valence-corrected chi connectivity index (χ1v) is 7.77. The molecule has 0 aromatic heterocycles. The van der Waals surface area contributed by atoms with Crippen molar-refractivity contribution >= 4 is 0 Å². The van der Waals surface area contributed by atoms with Gasteiger partial charge < -0.3 is 9.59 Å². The molecule has 0 saturated carbocycles. The van der Waals surface area contributed by atoms with Crippen LogP contribution in [0.1, 0.15) is 26.3 Å². The second kappa shape index (κ2) is 9.19. The highest BCUT2D eigenvalue weighted by atomic mass is 16.3. The van der Waals surface area contributed by atoms with Crippen LogP contribution in [0.5, 0.6) is 5.75 Å². The molecular formula is C19H27NO. The molecule has 0 unspecified atom stereocenters. The monoisotopic (exact) mass is 285 g/mol. The Morgan fingerprint density at radius 3 is 1.48 bits per heavy atom. The van der Waals surface area contributed by atoms with Crippen molar-refractivity contribution in [2.45, 2.75) is 27.3 Å². The minimum atomic E-state index is 0.0718. The number of rotatable bonds is 5. The summed E-state index contributed by atoms with van der Waals surface area (Å²) in [5, 5.41) is 10.3. The average Bonchev–Trinajstić information content (AvgIpc) is 2.55. The Morgan fingerprint density at radius 2 is 1.14 bits per heavy atom. The minimum absolute atomic E-state index is 0.0718. The fourth-order valence-corrected chi connectivity index (χ4v) is 2.40. The molecule has 0 N–H and O–H groups in total. The van der Waals surface area contributed by atoms with Crippen molar-refractivity contribution in [3.63, 3.8) is 0 Å². The highest BCUT2D eigenvalue weighted by Gasteiger charge is 2.20. The van der Waals surface area contributed by atoms with Crippen molar-refractivity contribution < 1.29 is 9.59 Å². The number of nitrogens with zero attached hydrogens (tertiary/aromatic N) is 1. The number of quaternary nitrogens is 1. The van der Waals surface area contributed by atoms with E-state index in [1.807, 2.05) is 6.07 Å². The molecule has 0 fully saturated rings. The maximum Gasteiger partial charge on any atom is 0.104 e. The minimum Gasteiger partial charge on any atom is -0.872 e. The van der Waals surface area contributed by atoms with Gasteiger partial charge in [0.05, 0.1) is 19.6 Å². The van der Waals surface area contributed by atoms with Crippen molar-refractivity contribution in [2.24, 2.45) is 0 Å². The molecule has 114 valence electrons. The Hall–Kier alpha value is -1.80. The predicted octanol–water partition coefficient (Wildman–Crippen LogP) is 3.82. The second-order valence-corrected chi connectivity index (χ2v) is 5.25. The van der Waals surface area contributed by atoms with Gasteiger partial charge in [0.1, 0.15) is 6.54 Å². The second-order valence-electron chi connectivity index (χ2n) is 5.25. The van der Waals surface area contributed by atoms with Crippen LogP contribution in [0.15, 0.2) is 60.7 Å². The van der Waals surface area contributed by atoms with E-state index in [4.69, 9.17) is 0 Å². The summed E-state index contributed by atoms with van der Waals surface area (Å²) in [5.41, 5.74) is 1.46. The van der Waals surface area contributed by atoms with Crippen molar-refractivity contribution in [3.8, 4) is 5.75 Å². The summed E-state index contributed by atoms with van der Waals surface area (Å²) in [6, 6.07) is 19.1. The first-order chi connectivity index (χ1) is 10.2. The molecule has 0 aliphatic heterocycles. The normalized spacial score (nSPS) is 10.6. The maximum absolute atomic E-state index is 10.3. The van der Waals surface area contributed by atoms with Crippen LogP contribution < -0.4 is 5.11 Å². The van der Waals surface area contributed by atoms with Crippen molar-refractivity contribution in [2.75, 3.05) is 19.6 Å². The fraction of sp³-hybridized carbons (Fsp3) is 0.368. The number of hydrogen-bond acceptors (Lipinski definition) is 1. The molecular weight excluding hydrogens is 258 g/mol. The molecule has 0 aliphatic rings. The number of hydrogen-bond donors (Lipinski definition) is 0. The third-order valence-electron chi connectivity index (χ3n) is 4.12. The molecule has 2 heteroatoms. The first-order valence-electron chi connectivity index (χ1n) is 7.77. The molecule has 0 aliphatic carbocycles. The molecule has 0 spiro atoms. The van der Waals surface area contributed by atoms with Crippen LogP contribution in [-0.4, -0.2) is 24.1 Å². The molecule has 0 saturated heterocycles. The number of para-hydroxylation sites is 1. The van der Waals surface area contributed by atoms with Gasteiger partial charge in [0.2, 0.25) is 0 Å². The van der Waals surface area contributed by atoms with Gasteiger partial charge in [-0.05, 0) is 20.8 Å². The van der Waals surface area contributed by atoms with Gasteiger partial charge in [-0.1, -0.05) is 60.7 Å². The first kappa shape index (κ1) is 17.3. The van der Waals surface area contributed by atoms with Crippen LogP contribution in [0.4, 0.5) is 0 Å². The summed E-state index contributed by atoms with van der Waals surface area (Å²) in [4.78, 5) is 0. The predicted molar refractivity (Wildman–Crippen MR) is 87.9 cm³/mol. The fourth-order valence-electron chi connectivity index (χ4n) is 2.40. The summed E-state index contributed by atoms with van der Waals surface area (Å²) in [5.74, 6) is 0.0718. The largest absolute Gasteiger partial charge is 0.872 e. The Kier molecular flexibility index (Phi) is 7.55. The van der Waals surface area contributed by atoms with Gasteiger partial charge in [0.25, 0.3) is 0 Å². The quantitative estimate of drug-likeness (QED) is 0.766.